The zero-order valence-corrected chi connectivity index (χ0v) is 10.9. The molecule has 1 aromatic rings. The maximum atomic E-state index is 12.0. The Kier molecular flexibility index (Phi) is 4.83. The van der Waals surface area contributed by atoms with Crippen LogP contribution in [0.3, 0.4) is 0 Å². The summed E-state index contributed by atoms with van der Waals surface area (Å²) in [5.41, 5.74) is -2.44. The van der Waals surface area contributed by atoms with Gasteiger partial charge in [0.25, 0.3) is 0 Å². The smallest absolute Gasteiger partial charge is 0.347 e. The maximum absolute atomic E-state index is 12.0. The number of hydrogen-bond donors (Lipinski definition) is 1. The molecule has 5 heteroatoms. The molecular formula is C14H16O5. The number of carbonyl (C=O) groups is 2. The Morgan fingerprint density at radius 3 is 2.37 bits per heavy atom. The first-order valence-electron chi connectivity index (χ1n) is 5.71. The molecule has 1 rings (SSSR count). The average molecular weight is 264 g/mol. The second kappa shape index (κ2) is 6.15. The van der Waals surface area contributed by atoms with Crippen molar-refractivity contribution in [2.45, 2.75) is 12.5 Å². The van der Waals surface area contributed by atoms with Gasteiger partial charge < -0.3 is 14.6 Å². The van der Waals surface area contributed by atoms with E-state index in [0.29, 0.717) is 0 Å². The van der Waals surface area contributed by atoms with E-state index in [-0.39, 0.29) is 17.7 Å². The monoisotopic (exact) mass is 264 g/mol. The number of aliphatic hydroxyl groups is 1. The molecule has 0 aliphatic heterocycles. The lowest BCUT2D eigenvalue weighted by Gasteiger charge is -2.26. The molecule has 0 aromatic heterocycles. The average Bonchev–Trinajstić information content (AvgIpc) is 2.45. The Hall–Kier alpha value is -2.14. The predicted molar refractivity (Wildman–Crippen MR) is 68.1 cm³/mol. The van der Waals surface area contributed by atoms with Crippen molar-refractivity contribution >= 4 is 11.9 Å². The minimum absolute atomic E-state index is 0.0719. The molecule has 5 nitrogen and oxygen atoms in total. The first-order valence-corrected chi connectivity index (χ1v) is 5.71. The lowest BCUT2D eigenvalue weighted by molar-refractivity contribution is -0.165. The molecule has 0 fully saturated rings. The summed E-state index contributed by atoms with van der Waals surface area (Å²) in [6, 6.07) is 7.99. The van der Waals surface area contributed by atoms with E-state index >= 15 is 0 Å². The number of ether oxygens (including phenoxy) is 2. The topological polar surface area (TPSA) is 72.8 Å². The molecule has 0 aliphatic carbocycles. The van der Waals surface area contributed by atoms with Crippen molar-refractivity contribution in [3.05, 3.63) is 48.0 Å². The highest BCUT2D eigenvalue weighted by atomic mass is 16.6. The van der Waals surface area contributed by atoms with Crippen LogP contribution in [0.1, 0.15) is 12.5 Å². The first kappa shape index (κ1) is 14.9. The Bertz CT molecular complexity index is 480. The van der Waals surface area contributed by atoms with E-state index in [9.17, 15) is 14.7 Å². The van der Waals surface area contributed by atoms with Crippen LogP contribution in [0.4, 0.5) is 0 Å². The number of hydrogen-bond acceptors (Lipinski definition) is 5. The summed E-state index contributed by atoms with van der Waals surface area (Å²) in [5.74, 6) is -1.84. The second-order valence-corrected chi connectivity index (χ2v) is 3.77. The van der Waals surface area contributed by atoms with Crippen molar-refractivity contribution in [1.29, 1.82) is 0 Å². The van der Waals surface area contributed by atoms with Gasteiger partial charge in [-0.1, -0.05) is 36.9 Å². The zero-order valence-electron chi connectivity index (χ0n) is 10.9. The largest absolute Gasteiger partial charge is 0.466 e. The van der Waals surface area contributed by atoms with E-state index in [1.54, 1.807) is 25.1 Å². The normalized spacial score (nSPS) is 13.2. The fourth-order valence-electron chi connectivity index (χ4n) is 1.60. The van der Waals surface area contributed by atoms with Crippen LogP contribution in [0.2, 0.25) is 0 Å². The Morgan fingerprint density at radius 1 is 1.32 bits per heavy atom. The third kappa shape index (κ3) is 2.82. The van der Waals surface area contributed by atoms with Crippen LogP contribution in [0.25, 0.3) is 0 Å². The van der Waals surface area contributed by atoms with E-state index in [1.807, 2.05) is 0 Å². The summed E-state index contributed by atoms with van der Waals surface area (Å²) in [6.07, 6.45) is 0. The quantitative estimate of drug-likeness (QED) is 0.638. The predicted octanol–water partition coefficient (Wildman–Crippen LogP) is 1.17. The van der Waals surface area contributed by atoms with Gasteiger partial charge in [0.1, 0.15) is 0 Å². The van der Waals surface area contributed by atoms with Gasteiger partial charge in [-0.2, -0.15) is 0 Å². The summed E-state index contributed by atoms with van der Waals surface area (Å²) in [4.78, 5) is 23.5. The fourth-order valence-corrected chi connectivity index (χ4v) is 1.60. The van der Waals surface area contributed by atoms with Gasteiger partial charge in [-0.15, -0.1) is 0 Å². The van der Waals surface area contributed by atoms with Crippen LogP contribution in [-0.2, 0) is 24.7 Å². The van der Waals surface area contributed by atoms with Crippen molar-refractivity contribution in [3.63, 3.8) is 0 Å². The lowest BCUT2D eigenvalue weighted by Crippen LogP contribution is -2.41. The van der Waals surface area contributed by atoms with Gasteiger partial charge in [0.05, 0.1) is 19.3 Å². The van der Waals surface area contributed by atoms with Gasteiger partial charge in [-0.25, -0.2) is 9.59 Å². The summed E-state index contributed by atoms with van der Waals surface area (Å²) in [6.45, 7) is 5.13. The molecule has 0 heterocycles. The molecule has 19 heavy (non-hydrogen) atoms. The maximum Gasteiger partial charge on any atom is 0.347 e. The van der Waals surface area contributed by atoms with Crippen molar-refractivity contribution in [3.8, 4) is 0 Å². The van der Waals surface area contributed by atoms with Crippen LogP contribution in [0, 0.1) is 0 Å². The van der Waals surface area contributed by atoms with Crippen molar-refractivity contribution in [2.24, 2.45) is 0 Å². The Balaban J connectivity index is 3.29. The third-order valence-corrected chi connectivity index (χ3v) is 2.63. The summed E-state index contributed by atoms with van der Waals surface area (Å²) < 4.78 is 9.32. The summed E-state index contributed by atoms with van der Waals surface area (Å²) in [5, 5.41) is 10.6. The number of carbonyl (C=O) groups excluding carboxylic acids is 2. The van der Waals surface area contributed by atoms with Gasteiger partial charge in [0, 0.05) is 0 Å². The highest BCUT2D eigenvalue weighted by molar-refractivity contribution is 6.00. The van der Waals surface area contributed by atoms with Crippen LogP contribution < -0.4 is 0 Å². The standard InChI is InChI=1S/C14H16O5/c1-4-19-13(16)14(17,10(2)12(15)18-3)11-8-6-5-7-9-11/h5-9,17H,2,4H2,1,3H3. The molecule has 0 amide bonds. The lowest BCUT2D eigenvalue weighted by atomic mass is 9.87. The first-order chi connectivity index (χ1) is 8.98. The minimum atomic E-state index is -2.25. The van der Waals surface area contributed by atoms with E-state index in [1.165, 1.54) is 12.1 Å². The van der Waals surface area contributed by atoms with Gasteiger partial charge in [0.2, 0.25) is 5.60 Å². The molecule has 0 aliphatic rings. The van der Waals surface area contributed by atoms with Crippen LogP contribution >= 0.6 is 0 Å². The highest BCUT2D eigenvalue weighted by Gasteiger charge is 2.45. The minimum Gasteiger partial charge on any atom is -0.466 e. The summed E-state index contributed by atoms with van der Waals surface area (Å²) >= 11 is 0. The van der Waals surface area contributed by atoms with Crippen molar-refractivity contribution < 1.29 is 24.2 Å². The number of rotatable bonds is 5. The molecule has 0 saturated carbocycles. The SMILES string of the molecule is C=C(C(=O)OC)C(O)(C(=O)OCC)c1ccccc1. The van der Waals surface area contributed by atoms with Crippen LogP contribution in [0.5, 0.6) is 0 Å². The molecule has 0 spiro atoms. The van der Waals surface area contributed by atoms with Crippen molar-refractivity contribution in [1.82, 2.24) is 0 Å². The Labute approximate surface area is 111 Å². The van der Waals surface area contributed by atoms with Gasteiger partial charge in [0.15, 0.2) is 0 Å². The summed E-state index contributed by atoms with van der Waals surface area (Å²) in [7, 11) is 1.14. The molecule has 1 atom stereocenters. The van der Waals surface area contributed by atoms with E-state index < -0.39 is 17.5 Å². The molecule has 1 N–H and O–H groups in total. The van der Waals surface area contributed by atoms with Gasteiger partial charge >= 0.3 is 11.9 Å². The number of esters is 2. The molecular weight excluding hydrogens is 248 g/mol. The van der Waals surface area contributed by atoms with Gasteiger partial charge in [-0.3, -0.25) is 0 Å². The van der Waals surface area contributed by atoms with E-state index in [4.69, 9.17) is 4.74 Å². The molecule has 0 saturated heterocycles. The molecule has 1 unspecified atom stereocenters. The van der Waals surface area contributed by atoms with Crippen LogP contribution in [0.15, 0.2) is 42.5 Å². The molecule has 1 aromatic carbocycles. The van der Waals surface area contributed by atoms with E-state index in [0.717, 1.165) is 7.11 Å². The van der Waals surface area contributed by atoms with Crippen molar-refractivity contribution in [2.75, 3.05) is 13.7 Å². The molecule has 0 radical (unpaired) electrons. The van der Waals surface area contributed by atoms with E-state index in [2.05, 4.69) is 11.3 Å². The highest BCUT2D eigenvalue weighted by Crippen LogP contribution is 2.30. The second-order valence-electron chi connectivity index (χ2n) is 3.77. The molecule has 102 valence electrons. The fraction of sp³-hybridized carbons (Fsp3) is 0.286. The molecule has 0 bridgehead atoms. The Morgan fingerprint density at radius 2 is 1.89 bits per heavy atom. The van der Waals surface area contributed by atoms with Gasteiger partial charge in [-0.05, 0) is 12.5 Å². The number of benzene rings is 1. The number of methoxy groups -OCH3 is 1. The third-order valence-electron chi connectivity index (χ3n) is 2.63. The van der Waals surface area contributed by atoms with Crippen LogP contribution in [-0.4, -0.2) is 30.8 Å². The zero-order chi connectivity index (χ0) is 14.5.